The van der Waals surface area contributed by atoms with E-state index < -0.39 is 0 Å². The summed E-state index contributed by atoms with van der Waals surface area (Å²) in [6.07, 6.45) is 6.02. The average molecular weight is 233 g/mol. The Balaban J connectivity index is 2.03. The Morgan fingerprint density at radius 1 is 1.35 bits per heavy atom. The van der Waals surface area contributed by atoms with E-state index in [2.05, 4.69) is 34.3 Å². The molecule has 0 spiro atoms. The molecule has 0 radical (unpaired) electrons. The molecule has 1 N–H and O–H groups in total. The lowest BCUT2D eigenvalue weighted by Gasteiger charge is -2.07. The Labute approximate surface area is 101 Å². The minimum atomic E-state index is 0.746. The number of rotatable bonds is 5. The number of fused-ring (bicyclic) bond motifs is 1. The van der Waals surface area contributed by atoms with Gasteiger partial charge in [-0.2, -0.15) is 0 Å². The maximum atomic E-state index is 4.30. The molecule has 2 heterocycles. The first kappa shape index (κ1) is 11.8. The van der Waals surface area contributed by atoms with Gasteiger partial charge in [-0.3, -0.25) is 4.40 Å². The van der Waals surface area contributed by atoms with Crippen LogP contribution in [-0.4, -0.2) is 26.1 Å². The van der Waals surface area contributed by atoms with E-state index in [4.69, 9.17) is 0 Å². The predicted octanol–water partition coefficient (Wildman–Crippen LogP) is 2.28. The topological polar surface area (TPSA) is 55.1 Å². The van der Waals surface area contributed by atoms with Gasteiger partial charge in [-0.1, -0.05) is 13.8 Å². The van der Waals surface area contributed by atoms with E-state index in [9.17, 15) is 0 Å². The summed E-state index contributed by atoms with van der Waals surface area (Å²) in [6, 6.07) is 0. The number of nitrogens with one attached hydrogen (secondary N) is 1. The number of anilines is 1. The molecule has 0 saturated heterocycles. The maximum absolute atomic E-state index is 4.30. The molecule has 92 valence electrons. The SMILES string of the molecule is Cc1nnc2c(NCCCC(C)C)nccn12. The summed E-state index contributed by atoms with van der Waals surface area (Å²) < 4.78 is 1.94. The van der Waals surface area contributed by atoms with Crippen molar-refractivity contribution >= 4 is 11.5 Å². The van der Waals surface area contributed by atoms with Crippen LogP contribution >= 0.6 is 0 Å². The van der Waals surface area contributed by atoms with Gasteiger partial charge in [0.2, 0.25) is 5.65 Å². The van der Waals surface area contributed by atoms with Crippen LogP contribution < -0.4 is 5.32 Å². The highest BCUT2D eigenvalue weighted by Gasteiger charge is 2.06. The fourth-order valence-corrected chi connectivity index (χ4v) is 1.78. The van der Waals surface area contributed by atoms with Gasteiger partial charge in [-0.05, 0) is 25.7 Å². The molecule has 5 nitrogen and oxygen atoms in total. The van der Waals surface area contributed by atoms with Gasteiger partial charge in [0.25, 0.3) is 0 Å². The third kappa shape index (κ3) is 2.72. The van der Waals surface area contributed by atoms with Gasteiger partial charge >= 0.3 is 0 Å². The van der Waals surface area contributed by atoms with E-state index in [0.717, 1.165) is 36.2 Å². The Hall–Kier alpha value is -1.65. The van der Waals surface area contributed by atoms with Gasteiger partial charge in [-0.25, -0.2) is 4.98 Å². The minimum Gasteiger partial charge on any atom is -0.367 e. The van der Waals surface area contributed by atoms with Crippen LogP contribution in [0.3, 0.4) is 0 Å². The van der Waals surface area contributed by atoms with Crippen LogP contribution in [0.15, 0.2) is 12.4 Å². The molecule has 0 unspecified atom stereocenters. The first-order valence-electron chi connectivity index (χ1n) is 6.08. The molecule has 0 atom stereocenters. The number of aromatic nitrogens is 4. The molecule has 0 bridgehead atoms. The monoisotopic (exact) mass is 233 g/mol. The molecule has 5 heteroatoms. The number of hydrogen-bond acceptors (Lipinski definition) is 4. The second kappa shape index (κ2) is 5.12. The van der Waals surface area contributed by atoms with Crippen molar-refractivity contribution in [1.29, 1.82) is 0 Å². The Morgan fingerprint density at radius 2 is 2.18 bits per heavy atom. The quantitative estimate of drug-likeness (QED) is 0.805. The van der Waals surface area contributed by atoms with Crippen molar-refractivity contribution in [1.82, 2.24) is 19.6 Å². The maximum Gasteiger partial charge on any atom is 0.203 e. The molecule has 0 fully saturated rings. The zero-order chi connectivity index (χ0) is 12.3. The first-order chi connectivity index (χ1) is 8.18. The van der Waals surface area contributed by atoms with Crippen LogP contribution in [-0.2, 0) is 0 Å². The zero-order valence-corrected chi connectivity index (χ0v) is 10.6. The van der Waals surface area contributed by atoms with Crippen LogP contribution in [0.1, 0.15) is 32.5 Å². The highest BCUT2D eigenvalue weighted by atomic mass is 15.3. The summed E-state index contributed by atoms with van der Waals surface area (Å²) in [5, 5.41) is 11.5. The lowest BCUT2D eigenvalue weighted by Crippen LogP contribution is -2.06. The third-order valence-electron chi connectivity index (χ3n) is 2.75. The number of aryl methyl sites for hydroxylation is 1. The van der Waals surface area contributed by atoms with Crippen molar-refractivity contribution < 1.29 is 0 Å². The molecule has 17 heavy (non-hydrogen) atoms. The van der Waals surface area contributed by atoms with E-state index in [-0.39, 0.29) is 0 Å². The highest BCUT2D eigenvalue weighted by Crippen LogP contribution is 2.12. The van der Waals surface area contributed by atoms with Gasteiger partial charge < -0.3 is 5.32 Å². The minimum absolute atomic E-state index is 0.746. The molecule has 0 aliphatic carbocycles. The summed E-state index contributed by atoms with van der Waals surface area (Å²) in [5.41, 5.74) is 0.801. The van der Waals surface area contributed by atoms with Crippen molar-refractivity contribution in [3.8, 4) is 0 Å². The summed E-state index contributed by atoms with van der Waals surface area (Å²) in [7, 11) is 0. The zero-order valence-electron chi connectivity index (χ0n) is 10.6. The molecule has 2 aromatic heterocycles. The van der Waals surface area contributed by atoms with E-state index in [1.807, 2.05) is 17.5 Å². The van der Waals surface area contributed by atoms with Crippen molar-refractivity contribution in [2.45, 2.75) is 33.6 Å². The van der Waals surface area contributed by atoms with E-state index in [0.29, 0.717) is 0 Å². The molecule has 0 aromatic carbocycles. The Bertz CT molecular complexity index is 489. The van der Waals surface area contributed by atoms with Crippen LogP contribution in [0.4, 0.5) is 5.82 Å². The van der Waals surface area contributed by atoms with Crippen LogP contribution in [0, 0.1) is 12.8 Å². The van der Waals surface area contributed by atoms with Crippen LogP contribution in [0.5, 0.6) is 0 Å². The second-order valence-electron chi connectivity index (χ2n) is 4.68. The molecule has 2 rings (SSSR count). The Kier molecular flexibility index (Phi) is 3.56. The molecule has 0 amide bonds. The van der Waals surface area contributed by atoms with Gasteiger partial charge in [0, 0.05) is 18.9 Å². The standard InChI is InChI=1S/C12H19N5/c1-9(2)5-4-6-13-11-12-16-15-10(3)17(12)8-7-14-11/h7-9H,4-6H2,1-3H3,(H,13,14). The lowest BCUT2D eigenvalue weighted by atomic mass is 10.1. The van der Waals surface area contributed by atoms with Gasteiger partial charge in [-0.15, -0.1) is 10.2 Å². The van der Waals surface area contributed by atoms with E-state index in [1.165, 1.54) is 6.42 Å². The highest BCUT2D eigenvalue weighted by molar-refractivity contribution is 5.61. The van der Waals surface area contributed by atoms with Crippen molar-refractivity contribution in [3.05, 3.63) is 18.2 Å². The summed E-state index contributed by atoms with van der Waals surface area (Å²) in [5.74, 6) is 2.44. The van der Waals surface area contributed by atoms with E-state index >= 15 is 0 Å². The summed E-state index contributed by atoms with van der Waals surface area (Å²) in [4.78, 5) is 4.30. The molecule has 2 aromatic rings. The summed E-state index contributed by atoms with van der Waals surface area (Å²) in [6.45, 7) is 7.33. The molecular weight excluding hydrogens is 214 g/mol. The molecule has 0 aliphatic heterocycles. The van der Waals surface area contributed by atoms with E-state index in [1.54, 1.807) is 6.20 Å². The largest absolute Gasteiger partial charge is 0.367 e. The number of hydrogen-bond donors (Lipinski definition) is 1. The van der Waals surface area contributed by atoms with Crippen molar-refractivity contribution in [3.63, 3.8) is 0 Å². The van der Waals surface area contributed by atoms with Gasteiger partial charge in [0.15, 0.2) is 5.82 Å². The predicted molar refractivity (Wildman–Crippen MR) is 68.1 cm³/mol. The smallest absolute Gasteiger partial charge is 0.203 e. The molecular formula is C12H19N5. The fourth-order valence-electron chi connectivity index (χ4n) is 1.78. The normalized spacial score (nSPS) is 11.3. The van der Waals surface area contributed by atoms with Crippen molar-refractivity contribution in [2.24, 2.45) is 5.92 Å². The van der Waals surface area contributed by atoms with Crippen molar-refractivity contribution in [2.75, 3.05) is 11.9 Å². The molecule has 0 aliphatic rings. The van der Waals surface area contributed by atoms with Crippen LogP contribution in [0.2, 0.25) is 0 Å². The van der Waals surface area contributed by atoms with Gasteiger partial charge in [0.1, 0.15) is 5.82 Å². The second-order valence-corrected chi connectivity index (χ2v) is 4.68. The van der Waals surface area contributed by atoms with Gasteiger partial charge in [0.05, 0.1) is 0 Å². The Morgan fingerprint density at radius 3 is 2.94 bits per heavy atom. The average Bonchev–Trinajstić information content (AvgIpc) is 2.67. The lowest BCUT2D eigenvalue weighted by molar-refractivity contribution is 0.567. The first-order valence-corrected chi connectivity index (χ1v) is 6.08. The van der Waals surface area contributed by atoms with Crippen LogP contribution in [0.25, 0.3) is 5.65 Å². The fraction of sp³-hybridized carbons (Fsp3) is 0.583. The third-order valence-corrected chi connectivity index (χ3v) is 2.75. The summed E-state index contributed by atoms with van der Waals surface area (Å²) >= 11 is 0. The number of nitrogens with zero attached hydrogens (tertiary/aromatic N) is 4. The molecule has 0 saturated carbocycles.